The molecule has 0 radical (unpaired) electrons. The number of hydrogen-bond acceptors (Lipinski definition) is 7. The van der Waals surface area contributed by atoms with Gasteiger partial charge in [0.15, 0.2) is 0 Å². The van der Waals surface area contributed by atoms with E-state index in [1.165, 1.54) is 0 Å². The lowest BCUT2D eigenvalue weighted by atomic mass is 9.79. The number of para-hydroxylation sites is 1. The van der Waals surface area contributed by atoms with Gasteiger partial charge in [-0.1, -0.05) is 24.2 Å². The molecule has 34 heavy (non-hydrogen) atoms. The van der Waals surface area contributed by atoms with E-state index in [9.17, 15) is 9.59 Å². The molecule has 1 fully saturated rings. The second-order valence-corrected chi connectivity index (χ2v) is 9.39. The minimum atomic E-state index is -1.06. The molecule has 1 saturated heterocycles. The summed E-state index contributed by atoms with van der Waals surface area (Å²) in [4.78, 5) is 42.2. The van der Waals surface area contributed by atoms with Gasteiger partial charge >= 0.3 is 0 Å². The molecule has 0 aliphatic carbocycles. The largest absolute Gasteiger partial charge is 0.496 e. The van der Waals surface area contributed by atoms with Gasteiger partial charge in [-0.2, -0.15) is 0 Å². The first-order chi connectivity index (χ1) is 16.2. The lowest BCUT2D eigenvalue weighted by Crippen LogP contribution is -2.52. The number of aromatic nitrogens is 2. The van der Waals surface area contributed by atoms with Crippen LogP contribution in [-0.2, 0) is 15.0 Å². The standard InChI is InChI=1S/C25H31N5O4/c1-16-14-18(21(31)26-4)28-22(27-16)24(2)10-12-30(13-11-24)23(32)25(3)15-19(29-34-25)17-8-6-7-9-20(17)33-5/h6-9,14H,10-13,15H2,1-5H3,(H,26,31)/t25-/m0/s1. The summed E-state index contributed by atoms with van der Waals surface area (Å²) in [6.07, 6.45) is 1.74. The van der Waals surface area contributed by atoms with Gasteiger partial charge in [0.1, 0.15) is 17.3 Å². The molecule has 1 aromatic carbocycles. The fourth-order valence-electron chi connectivity index (χ4n) is 4.53. The van der Waals surface area contributed by atoms with Crippen LogP contribution in [0, 0.1) is 6.92 Å². The van der Waals surface area contributed by atoms with Crippen LogP contribution in [0.5, 0.6) is 5.75 Å². The third kappa shape index (κ3) is 4.34. The van der Waals surface area contributed by atoms with Gasteiger partial charge in [-0.15, -0.1) is 0 Å². The van der Waals surface area contributed by atoms with E-state index in [1.807, 2.05) is 36.1 Å². The van der Waals surface area contributed by atoms with Gasteiger partial charge in [0, 0.05) is 43.2 Å². The highest BCUT2D eigenvalue weighted by atomic mass is 16.7. The van der Waals surface area contributed by atoms with E-state index in [1.54, 1.807) is 27.1 Å². The molecule has 0 unspecified atom stereocenters. The molecule has 2 aliphatic rings. The zero-order valence-corrected chi connectivity index (χ0v) is 20.3. The average molecular weight is 466 g/mol. The molecular weight excluding hydrogens is 434 g/mol. The number of carbonyl (C=O) groups excluding carboxylic acids is 2. The van der Waals surface area contributed by atoms with Crippen molar-refractivity contribution in [3.05, 3.63) is 53.1 Å². The van der Waals surface area contributed by atoms with Gasteiger partial charge in [0.2, 0.25) is 5.60 Å². The first kappa shape index (κ1) is 23.7. The maximum absolute atomic E-state index is 13.4. The molecule has 2 aliphatic heterocycles. The molecule has 0 bridgehead atoms. The Balaban J connectivity index is 1.45. The van der Waals surface area contributed by atoms with Gasteiger partial charge in [-0.25, -0.2) is 9.97 Å². The smallest absolute Gasteiger partial charge is 0.269 e. The number of methoxy groups -OCH3 is 1. The third-order valence-corrected chi connectivity index (χ3v) is 6.74. The number of piperidine rings is 1. The van der Waals surface area contributed by atoms with E-state index in [0.717, 1.165) is 11.3 Å². The summed E-state index contributed by atoms with van der Waals surface area (Å²) in [6.45, 7) is 6.83. The summed E-state index contributed by atoms with van der Waals surface area (Å²) in [6, 6.07) is 9.26. The summed E-state index contributed by atoms with van der Waals surface area (Å²) in [7, 11) is 3.19. The van der Waals surface area contributed by atoms with E-state index < -0.39 is 5.60 Å². The van der Waals surface area contributed by atoms with Crippen LogP contribution in [0.3, 0.4) is 0 Å². The maximum Gasteiger partial charge on any atom is 0.269 e. The molecule has 1 N–H and O–H groups in total. The molecule has 0 saturated carbocycles. The van der Waals surface area contributed by atoms with Crippen LogP contribution in [-0.4, -0.2) is 65.2 Å². The molecule has 0 spiro atoms. The van der Waals surface area contributed by atoms with Crippen LogP contribution in [0.4, 0.5) is 0 Å². The summed E-state index contributed by atoms with van der Waals surface area (Å²) in [5.41, 5.74) is 1.24. The van der Waals surface area contributed by atoms with E-state index in [2.05, 4.69) is 27.4 Å². The molecule has 4 rings (SSSR count). The van der Waals surface area contributed by atoms with E-state index in [0.29, 0.717) is 55.3 Å². The van der Waals surface area contributed by atoms with Gasteiger partial charge < -0.3 is 19.8 Å². The number of oxime groups is 1. The number of hydrogen-bond donors (Lipinski definition) is 1. The maximum atomic E-state index is 13.4. The Kier molecular flexibility index (Phi) is 6.29. The second-order valence-electron chi connectivity index (χ2n) is 9.39. The average Bonchev–Trinajstić information content (AvgIpc) is 3.26. The van der Waals surface area contributed by atoms with Crippen LogP contribution in [0.25, 0.3) is 0 Å². The number of amides is 2. The van der Waals surface area contributed by atoms with Crippen LogP contribution in [0.15, 0.2) is 35.5 Å². The Morgan fingerprint density at radius 1 is 1.15 bits per heavy atom. The molecule has 9 nitrogen and oxygen atoms in total. The van der Waals surface area contributed by atoms with Crippen molar-refractivity contribution in [1.82, 2.24) is 20.2 Å². The Bertz CT molecular complexity index is 1140. The minimum Gasteiger partial charge on any atom is -0.496 e. The topological polar surface area (TPSA) is 106 Å². The summed E-state index contributed by atoms with van der Waals surface area (Å²) < 4.78 is 5.44. The zero-order chi connectivity index (χ0) is 24.5. The lowest BCUT2D eigenvalue weighted by molar-refractivity contribution is -0.154. The number of rotatable bonds is 5. The number of aryl methyl sites for hydroxylation is 1. The van der Waals surface area contributed by atoms with E-state index >= 15 is 0 Å². The van der Waals surface area contributed by atoms with Crippen molar-refractivity contribution in [2.24, 2.45) is 5.16 Å². The minimum absolute atomic E-state index is 0.0839. The molecule has 2 amide bonds. The van der Waals surface area contributed by atoms with E-state index in [4.69, 9.17) is 9.57 Å². The highest BCUT2D eigenvalue weighted by Crippen LogP contribution is 2.36. The predicted octanol–water partition coefficient (Wildman–Crippen LogP) is 2.62. The Hall–Kier alpha value is -3.49. The van der Waals surface area contributed by atoms with Crippen LogP contribution in [0.1, 0.15) is 60.7 Å². The molecule has 1 aromatic heterocycles. The number of nitrogens with zero attached hydrogens (tertiary/aromatic N) is 4. The van der Waals surface area contributed by atoms with Crippen LogP contribution >= 0.6 is 0 Å². The normalized spacial score (nSPS) is 21.4. The molecule has 180 valence electrons. The molecular formula is C25H31N5O4. The van der Waals surface area contributed by atoms with Crippen molar-refractivity contribution in [2.45, 2.75) is 51.0 Å². The second kappa shape index (κ2) is 9.04. The third-order valence-electron chi connectivity index (χ3n) is 6.74. The van der Waals surface area contributed by atoms with Crippen molar-refractivity contribution >= 4 is 17.5 Å². The summed E-state index contributed by atoms with van der Waals surface area (Å²) in [5.74, 6) is 1.02. The Morgan fingerprint density at radius 2 is 1.85 bits per heavy atom. The monoisotopic (exact) mass is 465 g/mol. The summed E-state index contributed by atoms with van der Waals surface area (Å²) in [5, 5.41) is 6.85. The van der Waals surface area contributed by atoms with E-state index in [-0.39, 0.29) is 17.2 Å². The molecule has 3 heterocycles. The van der Waals surface area contributed by atoms with Gasteiger partial charge in [0.25, 0.3) is 11.8 Å². The Morgan fingerprint density at radius 3 is 2.53 bits per heavy atom. The van der Waals surface area contributed by atoms with Crippen molar-refractivity contribution in [3.8, 4) is 5.75 Å². The Labute approximate surface area is 199 Å². The highest BCUT2D eigenvalue weighted by Gasteiger charge is 2.47. The first-order valence-electron chi connectivity index (χ1n) is 11.5. The first-order valence-corrected chi connectivity index (χ1v) is 11.5. The number of likely N-dealkylation sites (tertiary alicyclic amines) is 1. The SMILES string of the molecule is CNC(=O)c1cc(C)nc(C2(C)CCN(C(=O)[C@]3(C)CC(c4ccccc4OC)=NO3)CC2)n1. The number of nitrogens with one attached hydrogen (secondary N) is 1. The quantitative estimate of drug-likeness (QED) is 0.728. The van der Waals surface area contributed by atoms with Crippen LogP contribution < -0.4 is 10.1 Å². The van der Waals surface area contributed by atoms with Crippen molar-refractivity contribution in [3.63, 3.8) is 0 Å². The lowest BCUT2D eigenvalue weighted by Gasteiger charge is -2.40. The number of carbonyl (C=O) groups is 2. The fourth-order valence-corrected chi connectivity index (χ4v) is 4.53. The van der Waals surface area contributed by atoms with Gasteiger partial charge in [-0.05, 0) is 44.9 Å². The highest BCUT2D eigenvalue weighted by molar-refractivity contribution is 6.07. The van der Waals surface area contributed by atoms with Gasteiger partial charge in [0.05, 0.1) is 12.8 Å². The molecule has 9 heteroatoms. The van der Waals surface area contributed by atoms with Crippen molar-refractivity contribution in [1.29, 1.82) is 0 Å². The van der Waals surface area contributed by atoms with Crippen LogP contribution in [0.2, 0.25) is 0 Å². The summed E-state index contributed by atoms with van der Waals surface area (Å²) >= 11 is 0. The predicted molar refractivity (Wildman–Crippen MR) is 127 cm³/mol. The van der Waals surface area contributed by atoms with Gasteiger partial charge in [-0.3, -0.25) is 9.59 Å². The molecule has 1 atom stereocenters. The van der Waals surface area contributed by atoms with Crippen molar-refractivity contribution in [2.75, 3.05) is 27.2 Å². The van der Waals surface area contributed by atoms with Crippen molar-refractivity contribution < 1.29 is 19.2 Å². The molecule has 2 aromatic rings. The fraction of sp³-hybridized carbons (Fsp3) is 0.480. The number of benzene rings is 1. The zero-order valence-electron chi connectivity index (χ0n) is 20.3. The number of ether oxygens (including phenoxy) is 1.